The minimum absolute atomic E-state index is 0.0293. The Kier molecular flexibility index (Phi) is 5.64. The van der Waals surface area contributed by atoms with Gasteiger partial charge in [0.05, 0.1) is 13.2 Å². The lowest BCUT2D eigenvalue weighted by atomic mass is 9.85. The van der Waals surface area contributed by atoms with Crippen LogP contribution in [0.2, 0.25) is 0 Å². The first kappa shape index (κ1) is 18.4. The normalized spacial score (nSPS) is 21.2. The first-order valence-corrected chi connectivity index (χ1v) is 7.94. The zero-order chi connectivity index (χ0) is 17.9. The Hall–Kier alpha value is -1.89. The smallest absolute Gasteiger partial charge is 0.407 e. The summed E-state index contributed by atoms with van der Waals surface area (Å²) in [7, 11) is 1.35. The quantitative estimate of drug-likeness (QED) is 0.887. The average molecular weight is 342 g/mol. The highest BCUT2D eigenvalue weighted by atomic mass is 19.1. The van der Waals surface area contributed by atoms with Gasteiger partial charge >= 0.3 is 6.09 Å². The summed E-state index contributed by atoms with van der Waals surface area (Å²) in [6, 6.07) is 1.85. The van der Waals surface area contributed by atoms with Crippen LogP contribution in [-0.4, -0.2) is 37.9 Å². The SMILES string of the molecule is COc1cc(F)c(C2CCNC[C@H]2NC(=O)OC(C)(C)C)c(F)c1. The number of halogens is 2. The molecular weight excluding hydrogens is 318 g/mol. The molecule has 1 amide bonds. The van der Waals surface area contributed by atoms with E-state index < -0.39 is 35.3 Å². The summed E-state index contributed by atoms with van der Waals surface area (Å²) in [4.78, 5) is 12.0. The van der Waals surface area contributed by atoms with Crippen LogP contribution in [0.15, 0.2) is 12.1 Å². The van der Waals surface area contributed by atoms with Crippen molar-refractivity contribution in [3.8, 4) is 5.75 Å². The molecule has 0 bridgehead atoms. The van der Waals surface area contributed by atoms with E-state index in [4.69, 9.17) is 9.47 Å². The van der Waals surface area contributed by atoms with Gasteiger partial charge in [0.25, 0.3) is 0 Å². The van der Waals surface area contributed by atoms with Crippen LogP contribution >= 0.6 is 0 Å². The van der Waals surface area contributed by atoms with Gasteiger partial charge < -0.3 is 20.1 Å². The molecule has 2 atom stereocenters. The molecule has 1 saturated heterocycles. The minimum Gasteiger partial charge on any atom is -0.497 e. The monoisotopic (exact) mass is 342 g/mol. The molecule has 7 heteroatoms. The summed E-state index contributed by atoms with van der Waals surface area (Å²) >= 11 is 0. The number of amides is 1. The molecule has 5 nitrogen and oxygen atoms in total. The third kappa shape index (κ3) is 4.56. The van der Waals surface area contributed by atoms with Crippen LogP contribution in [0.4, 0.5) is 13.6 Å². The predicted octanol–water partition coefficient (Wildman–Crippen LogP) is 2.94. The number of hydrogen-bond donors (Lipinski definition) is 2. The number of piperidine rings is 1. The second-order valence-electron chi connectivity index (χ2n) is 6.86. The number of alkyl carbamates (subject to hydrolysis) is 1. The van der Waals surface area contributed by atoms with E-state index in [1.54, 1.807) is 20.8 Å². The zero-order valence-electron chi connectivity index (χ0n) is 14.4. The van der Waals surface area contributed by atoms with Crippen molar-refractivity contribution in [2.24, 2.45) is 0 Å². The Balaban J connectivity index is 2.22. The fourth-order valence-electron chi connectivity index (χ4n) is 2.85. The van der Waals surface area contributed by atoms with Gasteiger partial charge in [-0.25, -0.2) is 13.6 Å². The molecule has 0 saturated carbocycles. The molecule has 0 aliphatic carbocycles. The van der Waals surface area contributed by atoms with Crippen LogP contribution in [0.25, 0.3) is 0 Å². The molecule has 2 rings (SSSR count). The van der Waals surface area contributed by atoms with Gasteiger partial charge in [-0.3, -0.25) is 0 Å². The first-order chi connectivity index (χ1) is 11.2. The van der Waals surface area contributed by atoms with Crippen LogP contribution in [0, 0.1) is 11.6 Å². The number of methoxy groups -OCH3 is 1. The molecule has 0 aromatic heterocycles. The molecule has 1 heterocycles. The standard InChI is InChI=1S/C17H24F2N2O3/c1-17(2,3)24-16(22)21-14-9-20-6-5-11(14)15-12(18)7-10(23-4)8-13(15)19/h7-8,11,14,20H,5-6,9H2,1-4H3,(H,21,22)/t11?,14-/m1/s1. The lowest BCUT2D eigenvalue weighted by Gasteiger charge is -2.34. The Morgan fingerprint density at radius 1 is 1.29 bits per heavy atom. The molecule has 1 aliphatic rings. The van der Waals surface area contributed by atoms with Gasteiger partial charge in [0, 0.05) is 30.2 Å². The molecule has 0 radical (unpaired) electrons. The number of carbonyl (C=O) groups excluding carboxylic acids is 1. The average Bonchev–Trinajstić information content (AvgIpc) is 2.46. The third-order valence-corrected chi connectivity index (χ3v) is 3.84. The number of nitrogens with one attached hydrogen (secondary N) is 2. The van der Waals surface area contributed by atoms with Crippen LogP contribution in [-0.2, 0) is 4.74 Å². The van der Waals surface area contributed by atoms with Gasteiger partial charge in [-0.05, 0) is 33.7 Å². The summed E-state index contributed by atoms with van der Waals surface area (Å²) in [5, 5.41) is 5.84. The molecule has 1 unspecified atom stereocenters. The Labute approximate surface area is 140 Å². The van der Waals surface area contributed by atoms with Crippen LogP contribution in [0.1, 0.15) is 38.7 Å². The highest BCUT2D eigenvalue weighted by Crippen LogP contribution is 2.32. The van der Waals surface area contributed by atoms with Gasteiger partial charge in [0.15, 0.2) is 0 Å². The van der Waals surface area contributed by atoms with Crippen LogP contribution in [0.3, 0.4) is 0 Å². The first-order valence-electron chi connectivity index (χ1n) is 7.94. The lowest BCUT2D eigenvalue weighted by molar-refractivity contribution is 0.0488. The topological polar surface area (TPSA) is 59.6 Å². The second-order valence-corrected chi connectivity index (χ2v) is 6.86. The maximum atomic E-state index is 14.4. The molecule has 0 spiro atoms. The minimum atomic E-state index is -0.672. The summed E-state index contributed by atoms with van der Waals surface area (Å²) in [5.74, 6) is -1.70. The maximum absolute atomic E-state index is 14.4. The number of rotatable bonds is 3. The maximum Gasteiger partial charge on any atom is 0.407 e. The van der Waals surface area contributed by atoms with E-state index in [1.807, 2.05) is 0 Å². The van der Waals surface area contributed by atoms with E-state index in [9.17, 15) is 13.6 Å². The van der Waals surface area contributed by atoms with E-state index in [2.05, 4.69) is 10.6 Å². The molecular formula is C17H24F2N2O3. The van der Waals surface area contributed by atoms with E-state index in [0.29, 0.717) is 19.5 Å². The molecule has 134 valence electrons. The van der Waals surface area contributed by atoms with Crippen molar-refractivity contribution in [3.05, 3.63) is 29.3 Å². The molecule has 1 aliphatic heterocycles. The van der Waals surface area contributed by atoms with Crippen LogP contribution < -0.4 is 15.4 Å². The number of carbonyl (C=O) groups is 1. The van der Waals surface area contributed by atoms with Gasteiger partial charge in [-0.1, -0.05) is 0 Å². The third-order valence-electron chi connectivity index (χ3n) is 3.84. The van der Waals surface area contributed by atoms with Gasteiger partial charge in [0.2, 0.25) is 0 Å². The van der Waals surface area contributed by atoms with Crippen molar-refractivity contribution < 1.29 is 23.0 Å². The Bertz CT molecular complexity index is 579. The van der Waals surface area contributed by atoms with Gasteiger partial charge in [-0.15, -0.1) is 0 Å². The molecule has 2 N–H and O–H groups in total. The second kappa shape index (κ2) is 7.34. The van der Waals surface area contributed by atoms with E-state index in [0.717, 1.165) is 12.1 Å². The van der Waals surface area contributed by atoms with Crippen molar-refractivity contribution in [2.75, 3.05) is 20.2 Å². The lowest BCUT2D eigenvalue weighted by Crippen LogP contribution is -2.51. The fourth-order valence-corrected chi connectivity index (χ4v) is 2.85. The van der Waals surface area contributed by atoms with Gasteiger partial charge in [0.1, 0.15) is 23.0 Å². The highest BCUT2D eigenvalue weighted by Gasteiger charge is 2.33. The molecule has 1 fully saturated rings. The Morgan fingerprint density at radius 3 is 2.46 bits per heavy atom. The van der Waals surface area contributed by atoms with E-state index in [-0.39, 0.29) is 11.3 Å². The van der Waals surface area contributed by atoms with E-state index >= 15 is 0 Å². The zero-order valence-corrected chi connectivity index (χ0v) is 14.4. The molecule has 1 aromatic carbocycles. The van der Waals surface area contributed by atoms with E-state index in [1.165, 1.54) is 7.11 Å². The highest BCUT2D eigenvalue weighted by molar-refractivity contribution is 5.68. The molecule has 24 heavy (non-hydrogen) atoms. The Morgan fingerprint density at radius 2 is 1.92 bits per heavy atom. The predicted molar refractivity (Wildman–Crippen MR) is 86.3 cm³/mol. The van der Waals surface area contributed by atoms with Gasteiger partial charge in [-0.2, -0.15) is 0 Å². The van der Waals surface area contributed by atoms with Crippen molar-refractivity contribution in [2.45, 2.75) is 44.8 Å². The number of ether oxygens (including phenoxy) is 2. The van der Waals surface area contributed by atoms with Crippen LogP contribution in [0.5, 0.6) is 5.75 Å². The van der Waals surface area contributed by atoms with Crippen molar-refractivity contribution in [1.29, 1.82) is 0 Å². The molecule has 1 aromatic rings. The number of hydrogen-bond acceptors (Lipinski definition) is 4. The van der Waals surface area contributed by atoms with Crippen molar-refractivity contribution in [3.63, 3.8) is 0 Å². The summed E-state index contributed by atoms with van der Waals surface area (Å²) in [5.41, 5.74) is -0.670. The van der Waals surface area contributed by atoms with Crippen molar-refractivity contribution in [1.82, 2.24) is 10.6 Å². The summed E-state index contributed by atoms with van der Waals surface area (Å²) < 4.78 is 38.9. The number of benzene rings is 1. The summed E-state index contributed by atoms with van der Waals surface area (Å²) in [6.07, 6.45) is -0.101. The summed E-state index contributed by atoms with van der Waals surface area (Å²) in [6.45, 7) is 6.29. The van der Waals surface area contributed by atoms with Crippen molar-refractivity contribution >= 4 is 6.09 Å². The largest absolute Gasteiger partial charge is 0.497 e. The fraction of sp³-hybridized carbons (Fsp3) is 0.588.